The first-order chi connectivity index (χ1) is 22.4. The Morgan fingerprint density at radius 1 is 0.894 bits per heavy atom. The van der Waals surface area contributed by atoms with Gasteiger partial charge in [0.1, 0.15) is 25.1 Å². The average Bonchev–Trinajstić information content (AvgIpc) is 3.80. The minimum Gasteiger partial charge on any atom is -0.508 e. The van der Waals surface area contributed by atoms with Gasteiger partial charge in [0.15, 0.2) is 19.8 Å². The molecule has 246 valence electrons. The fraction of sp³-hybridized carbons (Fsp3) is 0.368. The number of amides is 1. The molecular formula is C38H45N3O5Si. The van der Waals surface area contributed by atoms with Crippen LogP contribution in [-0.2, 0) is 11.0 Å². The molecule has 3 unspecified atom stereocenters. The van der Waals surface area contributed by atoms with E-state index in [1.165, 1.54) is 6.07 Å². The number of hydrogen-bond donors (Lipinski definition) is 1. The quantitative estimate of drug-likeness (QED) is 0.177. The minimum absolute atomic E-state index is 0.0220. The van der Waals surface area contributed by atoms with E-state index in [-0.39, 0.29) is 46.8 Å². The zero-order chi connectivity index (χ0) is 33.3. The van der Waals surface area contributed by atoms with E-state index in [0.717, 1.165) is 17.5 Å². The summed E-state index contributed by atoms with van der Waals surface area (Å²) in [5.41, 5.74) is 2.35. The van der Waals surface area contributed by atoms with Crippen molar-refractivity contribution in [2.45, 2.75) is 58.0 Å². The van der Waals surface area contributed by atoms with E-state index >= 15 is 0 Å². The highest BCUT2D eigenvalue weighted by Crippen LogP contribution is 2.44. The van der Waals surface area contributed by atoms with E-state index in [2.05, 4.69) is 33.9 Å². The largest absolute Gasteiger partial charge is 0.508 e. The van der Waals surface area contributed by atoms with Crippen LogP contribution < -0.4 is 15.2 Å². The van der Waals surface area contributed by atoms with Crippen LogP contribution in [0, 0.1) is 11.8 Å². The van der Waals surface area contributed by atoms with E-state index in [1.807, 2.05) is 82.7 Å². The molecule has 0 spiro atoms. The van der Waals surface area contributed by atoms with Gasteiger partial charge in [0.2, 0.25) is 5.43 Å². The molecule has 6 rings (SSSR count). The molecule has 0 radical (unpaired) electrons. The van der Waals surface area contributed by atoms with Gasteiger partial charge in [-0.05, 0) is 53.6 Å². The highest BCUT2D eigenvalue weighted by atomic mass is 28.4. The Bertz CT molecular complexity index is 1770. The standard InChI is InChI=1S/C38H45N3O5Si/c1-38(2,3)47(4,5)46-25-30-22-29(30)23-39-26-41(34(28-16-10-7-11-17-28)31-18-12-13-19-32(31)42)40-21-20-33(43)36(35(40)37(39)44)45-24-27-14-8-6-9-15-27/h6-21,29-30,34,42H,22-26H2,1-5H3. The van der Waals surface area contributed by atoms with Crippen LogP contribution in [-0.4, -0.2) is 48.7 Å². The van der Waals surface area contributed by atoms with Crippen LogP contribution >= 0.6 is 0 Å². The smallest absolute Gasteiger partial charge is 0.277 e. The average molecular weight is 652 g/mol. The van der Waals surface area contributed by atoms with Crippen LogP contribution in [0.3, 0.4) is 0 Å². The van der Waals surface area contributed by atoms with Crippen LogP contribution in [0.1, 0.15) is 60.4 Å². The molecular weight excluding hydrogens is 607 g/mol. The second-order valence-corrected chi connectivity index (χ2v) is 19.1. The SMILES string of the molecule is CC(C)(C)[Si](C)(C)OCC1CC1CN1CN(C(c2ccccc2)c2ccccc2O)n2ccc(=O)c(OCc3ccccc3)c2C1=O. The molecule has 2 aliphatic rings. The second-order valence-electron chi connectivity index (χ2n) is 14.3. The van der Waals surface area contributed by atoms with Crippen LogP contribution in [0.5, 0.6) is 11.5 Å². The van der Waals surface area contributed by atoms with E-state index in [1.54, 1.807) is 23.0 Å². The summed E-state index contributed by atoms with van der Waals surface area (Å²) < 4.78 is 14.5. The van der Waals surface area contributed by atoms with E-state index < -0.39 is 14.4 Å². The number of phenols is 1. The van der Waals surface area contributed by atoms with Gasteiger partial charge in [0.05, 0.1) is 0 Å². The first-order valence-electron chi connectivity index (χ1n) is 16.4. The number of fused-ring (bicyclic) bond motifs is 1. The third-order valence-electron chi connectivity index (χ3n) is 9.98. The van der Waals surface area contributed by atoms with Crippen LogP contribution in [0.15, 0.2) is 102 Å². The van der Waals surface area contributed by atoms with Crippen molar-refractivity contribution in [3.8, 4) is 11.5 Å². The lowest BCUT2D eigenvalue weighted by Gasteiger charge is -2.44. The van der Waals surface area contributed by atoms with Gasteiger partial charge in [-0.3, -0.25) is 19.3 Å². The predicted octanol–water partition coefficient (Wildman–Crippen LogP) is 6.93. The number of carbonyl (C=O) groups is 1. The van der Waals surface area contributed by atoms with Crippen molar-refractivity contribution < 1.29 is 19.1 Å². The fourth-order valence-corrected chi connectivity index (χ4v) is 7.07. The summed E-state index contributed by atoms with van der Waals surface area (Å²) in [5, 5.41) is 13.3. The lowest BCUT2D eigenvalue weighted by Crippen LogP contribution is -2.56. The van der Waals surface area contributed by atoms with Gasteiger partial charge < -0.3 is 19.2 Å². The Labute approximate surface area is 278 Å². The Hall–Kier alpha value is -4.34. The highest BCUT2D eigenvalue weighted by Gasteiger charge is 2.45. The maximum Gasteiger partial charge on any atom is 0.277 e. The van der Waals surface area contributed by atoms with E-state index in [4.69, 9.17) is 9.16 Å². The topological polar surface area (TPSA) is 84.2 Å². The van der Waals surface area contributed by atoms with Gasteiger partial charge in [-0.2, -0.15) is 0 Å². The third-order valence-corrected chi connectivity index (χ3v) is 14.5. The molecule has 1 amide bonds. The maximum absolute atomic E-state index is 14.4. The van der Waals surface area contributed by atoms with Crippen molar-refractivity contribution in [3.05, 3.63) is 130 Å². The fourth-order valence-electron chi connectivity index (χ4n) is 6.01. The normalized spacial score (nSPS) is 18.5. The molecule has 1 aliphatic heterocycles. The van der Waals surface area contributed by atoms with Gasteiger partial charge >= 0.3 is 0 Å². The number of benzene rings is 3. The molecule has 3 atom stereocenters. The predicted molar refractivity (Wildman–Crippen MR) is 187 cm³/mol. The number of phenolic OH excluding ortho intramolecular Hbond substituents is 1. The molecule has 3 aromatic carbocycles. The maximum atomic E-state index is 14.4. The molecule has 4 aromatic rings. The lowest BCUT2D eigenvalue weighted by molar-refractivity contribution is 0.0662. The molecule has 1 saturated carbocycles. The summed E-state index contributed by atoms with van der Waals surface area (Å²) in [6, 6.07) is 27.8. The monoisotopic (exact) mass is 651 g/mol. The molecule has 2 heterocycles. The molecule has 9 heteroatoms. The minimum atomic E-state index is -1.89. The van der Waals surface area contributed by atoms with Crippen molar-refractivity contribution in [1.29, 1.82) is 0 Å². The van der Waals surface area contributed by atoms with Gasteiger partial charge in [0, 0.05) is 31.0 Å². The van der Waals surface area contributed by atoms with Crippen molar-refractivity contribution in [2.24, 2.45) is 11.8 Å². The Morgan fingerprint density at radius 3 is 2.23 bits per heavy atom. The molecule has 0 saturated heterocycles. The molecule has 1 N–H and O–H groups in total. The molecule has 1 fully saturated rings. The third kappa shape index (κ3) is 6.87. The number of aromatic hydroxyl groups is 1. The summed E-state index contributed by atoms with van der Waals surface area (Å²) in [6.45, 7) is 12.9. The summed E-state index contributed by atoms with van der Waals surface area (Å²) in [7, 11) is -1.89. The zero-order valence-electron chi connectivity index (χ0n) is 27.9. The molecule has 1 aliphatic carbocycles. The van der Waals surface area contributed by atoms with Crippen molar-refractivity contribution in [1.82, 2.24) is 9.58 Å². The van der Waals surface area contributed by atoms with Crippen LogP contribution in [0.2, 0.25) is 18.1 Å². The van der Waals surface area contributed by atoms with Gasteiger partial charge in [-0.1, -0.05) is 99.6 Å². The summed E-state index contributed by atoms with van der Waals surface area (Å²) in [6.07, 6.45) is 2.63. The number of aromatic nitrogens is 1. The number of nitrogens with zero attached hydrogens (tertiary/aromatic N) is 3. The van der Waals surface area contributed by atoms with E-state index in [0.29, 0.717) is 30.6 Å². The highest BCUT2D eigenvalue weighted by molar-refractivity contribution is 6.74. The number of hydrogen-bond acceptors (Lipinski definition) is 6. The number of ether oxygens (including phenoxy) is 1. The first-order valence-corrected chi connectivity index (χ1v) is 19.3. The van der Waals surface area contributed by atoms with E-state index in [9.17, 15) is 14.7 Å². The number of pyridine rings is 1. The molecule has 47 heavy (non-hydrogen) atoms. The summed E-state index contributed by atoms with van der Waals surface area (Å²) in [4.78, 5) is 29.6. The summed E-state index contributed by atoms with van der Waals surface area (Å²) in [5.74, 6) is 0.595. The Balaban J connectivity index is 1.37. The van der Waals surface area contributed by atoms with Gasteiger partial charge in [0.25, 0.3) is 5.91 Å². The zero-order valence-corrected chi connectivity index (χ0v) is 28.9. The first kappa shape index (κ1) is 32.6. The van der Waals surface area contributed by atoms with Crippen LogP contribution in [0.25, 0.3) is 0 Å². The molecule has 0 bridgehead atoms. The van der Waals surface area contributed by atoms with Crippen molar-refractivity contribution >= 4 is 14.2 Å². The molecule has 1 aromatic heterocycles. The number of carbonyl (C=O) groups excluding carboxylic acids is 1. The number of para-hydroxylation sites is 1. The Morgan fingerprint density at radius 2 is 1.55 bits per heavy atom. The van der Waals surface area contributed by atoms with Crippen LogP contribution in [0.4, 0.5) is 0 Å². The van der Waals surface area contributed by atoms with Gasteiger partial charge in [-0.15, -0.1) is 0 Å². The lowest BCUT2D eigenvalue weighted by atomic mass is 9.97. The summed E-state index contributed by atoms with van der Waals surface area (Å²) >= 11 is 0. The van der Waals surface area contributed by atoms with Crippen molar-refractivity contribution in [2.75, 3.05) is 24.8 Å². The second kappa shape index (κ2) is 13.0. The number of rotatable bonds is 11. The van der Waals surface area contributed by atoms with Crippen molar-refractivity contribution in [3.63, 3.8) is 0 Å². The van der Waals surface area contributed by atoms with Gasteiger partial charge in [-0.25, -0.2) is 0 Å². The molecule has 8 nitrogen and oxygen atoms in total. The Kier molecular flexibility index (Phi) is 9.05.